The van der Waals surface area contributed by atoms with Crippen molar-refractivity contribution in [2.24, 2.45) is 0 Å². The van der Waals surface area contributed by atoms with Gasteiger partial charge in [0.05, 0.1) is 0 Å². The topological polar surface area (TPSA) is 18.5 Å². The molecule has 0 bridgehead atoms. The first-order valence-corrected chi connectivity index (χ1v) is 19.4. The van der Waals surface area contributed by atoms with Gasteiger partial charge in [0.15, 0.2) is 0 Å². The third-order valence-corrected chi connectivity index (χ3v) is 13.7. The van der Waals surface area contributed by atoms with Crippen LogP contribution in [-0.2, 0) is 24.9 Å². The minimum absolute atomic E-state index is 1.13. The molecular weight excluding hydrogens is 495 g/mol. The van der Waals surface area contributed by atoms with Gasteiger partial charge in [0.1, 0.15) is 0 Å². The van der Waals surface area contributed by atoms with E-state index in [-0.39, 0.29) is 0 Å². The molecule has 146 valence electrons. The van der Waals surface area contributed by atoms with Crippen molar-refractivity contribution in [3.05, 3.63) is 20.3 Å². The van der Waals surface area contributed by atoms with E-state index in [0.717, 1.165) is 6.42 Å². The van der Waals surface area contributed by atoms with Gasteiger partial charge in [-0.05, 0) is 0 Å². The molecule has 0 spiro atoms. The van der Waals surface area contributed by atoms with Crippen LogP contribution >= 0.6 is 0 Å². The van der Waals surface area contributed by atoms with Crippen molar-refractivity contribution in [1.29, 1.82) is 0 Å². The molecule has 4 heteroatoms. The summed E-state index contributed by atoms with van der Waals surface area (Å²) in [4.78, 5) is 0. The van der Waals surface area contributed by atoms with Gasteiger partial charge in [-0.2, -0.15) is 0 Å². The summed E-state index contributed by atoms with van der Waals surface area (Å²) in [5, 5.41) is 9.05. The van der Waals surface area contributed by atoms with Gasteiger partial charge in [-0.15, -0.1) is 0 Å². The average molecular weight is 536 g/mol. The van der Waals surface area contributed by atoms with Gasteiger partial charge in [-0.25, -0.2) is 0 Å². The molecule has 0 unspecified atom stereocenters. The second-order valence-electron chi connectivity index (χ2n) is 7.42. The van der Waals surface area contributed by atoms with Crippen molar-refractivity contribution in [2.75, 3.05) is 14.2 Å². The predicted octanol–water partition coefficient (Wildman–Crippen LogP) is 6.91. The Labute approximate surface area is 155 Å². The standard InChI is InChI=1S/C17H31O2Si.3CH3.Pt/c1-6-7-8-9-10-11-12-16-15(2)13-14-17(16)20(5,18-3)19-4;;;;/h6-12,14H2,1-5H3;3*1H3;. The minimum atomic E-state index is -2.20. The Morgan fingerprint density at radius 3 is 2.00 bits per heavy atom. The normalized spacial score (nSPS) is 17.2. The summed E-state index contributed by atoms with van der Waals surface area (Å²) in [7, 11) is 1.46. The first-order chi connectivity index (χ1) is 11.2. The number of unbranched alkanes of at least 4 members (excludes halogenated alkanes) is 5. The Kier molecular flexibility index (Phi) is 9.17. The molecular formula is C20H40O2PtSi. The molecule has 0 N–H and O–H groups in total. The summed E-state index contributed by atoms with van der Waals surface area (Å²) in [5.41, 5.74) is 3.19. The monoisotopic (exact) mass is 535 g/mol. The molecule has 0 aromatic heterocycles. The molecule has 1 aliphatic carbocycles. The van der Waals surface area contributed by atoms with Crippen molar-refractivity contribution >= 4 is 8.56 Å². The Balaban J connectivity index is 2.92. The quantitative estimate of drug-likeness (QED) is 0.211. The molecule has 0 aliphatic heterocycles. The van der Waals surface area contributed by atoms with Crippen LogP contribution in [0, 0.1) is 0 Å². The predicted molar refractivity (Wildman–Crippen MR) is 106 cm³/mol. The Morgan fingerprint density at radius 1 is 0.958 bits per heavy atom. The van der Waals surface area contributed by atoms with Gasteiger partial charge in [0, 0.05) is 0 Å². The Morgan fingerprint density at radius 2 is 1.50 bits per heavy atom. The maximum absolute atomic E-state index is 5.92. The van der Waals surface area contributed by atoms with Gasteiger partial charge in [-0.3, -0.25) is 0 Å². The zero-order chi connectivity index (χ0) is 18.4. The Bertz CT molecular complexity index is 471. The summed E-state index contributed by atoms with van der Waals surface area (Å²) in [6.45, 7) is 6.86. The van der Waals surface area contributed by atoms with Crippen LogP contribution in [0.1, 0.15) is 65.2 Å². The van der Waals surface area contributed by atoms with E-state index in [4.69, 9.17) is 8.85 Å². The molecule has 1 rings (SSSR count). The van der Waals surface area contributed by atoms with Crippen LogP contribution in [0.25, 0.3) is 0 Å². The van der Waals surface area contributed by atoms with E-state index in [2.05, 4.69) is 36.3 Å². The van der Waals surface area contributed by atoms with Crippen molar-refractivity contribution < 1.29 is 24.9 Å². The summed E-state index contributed by atoms with van der Waals surface area (Å²) >= 11 is -1.74. The molecule has 0 aromatic rings. The third kappa shape index (κ3) is 5.66. The van der Waals surface area contributed by atoms with Crippen molar-refractivity contribution in [3.8, 4) is 0 Å². The molecule has 0 fully saturated rings. The zero-order valence-electron chi connectivity index (χ0n) is 17.3. The van der Waals surface area contributed by atoms with Crippen molar-refractivity contribution in [3.63, 3.8) is 0 Å². The van der Waals surface area contributed by atoms with E-state index in [1.165, 1.54) is 50.1 Å². The molecule has 2 nitrogen and oxygen atoms in total. The van der Waals surface area contributed by atoms with E-state index in [0.29, 0.717) is 0 Å². The molecule has 1 aliphatic rings. The summed E-state index contributed by atoms with van der Waals surface area (Å²) in [5.74, 6) is 0. The molecule has 0 amide bonds. The van der Waals surface area contributed by atoms with Crippen LogP contribution in [0.2, 0.25) is 22.5 Å². The molecule has 0 atom stereocenters. The van der Waals surface area contributed by atoms with Crippen LogP contribution < -0.4 is 0 Å². The number of hydrogen-bond acceptors (Lipinski definition) is 2. The Hall–Kier alpha value is 0.305. The van der Waals surface area contributed by atoms with Crippen LogP contribution in [0.4, 0.5) is 0 Å². The van der Waals surface area contributed by atoms with Crippen molar-refractivity contribution in [1.82, 2.24) is 0 Å². The fourth-order valence-electron chi connectivity index (χ4n) is 3.47. The first kappa shape index (κ1) is 22.3. The van der Waals surface area contributed by atoms with Crippen molar-refractivity contribution in [2.45, 2.75) is 87.7 Å². The molecule has 0 radical (unpaired) electrons. The number of rotatable bonds is 11. The average Bonchev–Trinajstić information content (AvgIpc) is 2.87. The second-order valence-corrected chi connectivity index (χ2v) is 22.3. The van der Waals surface area contributed by atoms with Crippen LogP contribution in [0.3, 0.4) is 0 Å². The van der Waals surface area contributed by atoms with Gasteiger partial charge >= 0.3 is 156 Å². The summed E-state index contributed by atoms with van der Waals surface area (Å²) in [6.07, 6.45) is 10.5. The third-order valence-electron chi connectivity index (χ3n) is 5.20. The molecule has 24 heavy (non-hydrogen) atoms. The number of hydrogen-bond donors (Lipinski definition) is 0. The fraction of sp³-hybridized carbons (Fsp3) is 0.800. The molecule has 0 saturated heterocycles. The second kappa shape index (κ2) is 9.85. The first-order valence-electron chi connectivity index (χ1n) is 9.10. The van der Waals surface area contributed by atoms with Gasteiger partial charge in [0.25, 0.3) is 0 Å². The van der Waals surface area contributed by atoms with E-state index >= 15 is 0 Å². The van der Waals surface area contributed by atoms with Crippen LogP contribution in [-0.4, -0.2) is 22.8 Å². The van der Waals surface area contributed by atoms with E-state index < -0.39 is 24.6 Å². The fourth-order valence-corrected chi connectivity index (χ4v) is 10.4. The van der Waals surface area contributed by atoms with Gasteiger partial charge < -0.3 is 0 Å². The maximum atomic E-state index is 5.92. The van der Waals surface area contributed by atoms with E-state index in [1.807, 2.05) is 14.2 Å². The summed E-state index contributed by atoms with van der Waals surface area (Å²) < 4.78 is 13.6. The van der Waals surface area contributed by atoms with Gasteiger partial charge in [0.2, 0.25) is 0 Å². The SMILES string of the molecule is CCCCCCCCC1=C([Si](C)(OC)OC)C[C]([Pt]([CH3])([CH3])[CH3])=C1C. The number of allylic oxidation sites excluding steroid dienone is 4. The molecule has 0 saturated carbocycles. The van der Waals surface area contributed by atoms with Gasteiger partial charge in [-0.1, -0.05) is 0 Å². The van der Waals surface area contributed by atoms with Crippen LogP contribution in [0.5, 0.6) is 0 Å². The van der Waals surface area contributed by atoms with Crippen LogP contribution in [0.15, 0.2) is 20.3 Å². The zero-order valence-corrected chi connectivity index (χ0v) is 20.6. The van der Waals surface area contributed by atoms with E-state index in [1.54, 1.807) is 15.1 Å². The summed E-state index contributed by atoms with van der Waals surface area (Å²) in [6, 6.07) is 0. The molecule has 0 aromatic carbocycles. The van der Waals surface area contributed by atoms with E-state index in [9.17, 15) is 0 Å². The molecule has 0 heterocycles.